The van der Waals surface area contributed by atoms with Crippen molar-refractivity contribution in [1.82, 2.24) is 5.32 Å². The first-order valence-electron chi connectivity index (χ1n) is 6.44. The molecule has 1 rings (SSSR count). The maximum atomic E-state index is 11.4. The lowest BCUT2D eigenvalue weighted by molar-refractivity contribution is 0.168. The minimum absolute atomic E-state index is 0.113. The molecule has 0 heterocycles. The zero-order valence-electron chi connectivity index (χ0n) is 11.9. The topological polar surface area (TPSA) is 66.4 Å². The Morgan fingerprint density at radius 2 is 1.68 bits per heavy atom. The van der Waals surface area contributed by atoms with Gasteiger partial charge in [0.1, 0.15) is 0 Å². The van der Waals surface area contributed by atoms with E-state index in [0.717, 1.165) is 5.56 Å². The van der Waals surface area contributed by atoms with Crippen LogP contribution in [0.25, 0.3) is 0 Å². The highest BCUT2D eigenvalue weighted by Crippen LogP contribution is 2.17. The summed E-state index contributed by atoms with van der Waals surface area (Å²) in [6.45, 7) is 5.81. The van der Waals surface area contributed by atoms with Gasteiger partial charge >= 0.3 is 0 Å². The SMILES string of the molecule is CC(O)CC(C)NC(C)c1ccc(S(C)(=O)=O)cc1. The quantitative estimate of drug-likeness (QED) is 0.838. The normalized spacial score (nSPS) is 16.9. The van der Waals surface area contributed by atoms with Gasteiger partial charge in [-0.1, -0.05) is 12.1 Å². The second-order valence-electron chi connectivity index (χ2n) is 5.22. The van der Waals surface area contributed by atoms with E-state index in [1.165, 1.54) is 6.26 Å². The van der Waals surface area contributed by atoms with Crippen LogP contribution in [-0.4, -0.2) is 31.9 Å². The molecule has 0 spiro atoms. The Balaban J connectivity index is 2.70. The monoisotopic (exact) mass is 285 g/mol. The third-order valence-corrected chi connectivity index (χ3v) is 4.17. The van der Waals surface area contributed by atoms with Gasteiger partial charge in [-0.2, -0.15) is 0 Å². The van der Waals surface area contributed by atoms with Gasteiger partial charge in [-0.25, -0.2) is 8.42 Å². The van der Waals surface area contributed by atoms with Gasteiger partial charge in [0.25, 0.3) is 0 Å². The van der Waals surface area contributed by atoms with Crippen LogP contribution in [0.3, 0.4) is 0 Å². The third-order valence-electron chi connectivity index (χ3n) is 3.04. The van der Waals surface area contributed by atoms with Crippen LogP contribution in [0.1, 0.15) is 38.8 Å². The number of aliphatic hydroxyl groups is 1. The van der Waals surface area contributed by atoms with Crippen molar-refractivity contribution in [3.63, 3.8) is 0 Å². The van der Waals surface area contributed by atoms with Crippen molar-refractivity contribution >= 4 is 9.84 Å². The van der Waals surface area contributed by atoms with Crippen molar-refractivity contribution in [3.8, 4) is 0 Å². The Bertz CT molecular complexity index is 494. The number of benzene rings is 1. The smallest absolute Gasteiger partial charge is 0.175 e. The van der Waals surface area contributed by atoms with Crippen molar-refractivity contribution in [2.45, 2.75) is 50.3 Å². The highest BCUT2D eigenvalue weighted by molar-refractivity contribution is 7.90. The molecule has 0 saturated carbocycles. The van der Waals surface area contributed by atoms with Crippen LogP contribution in [0.5, 0.6) is 0 Å². The van der Waals surface area contributed by atoms with E-state index in [4.69, 9.17) is 0 Å². The van der Waals surface area contributed by atoms with Crippen molar-refractivity contribution in [2.75, 3.05) is 6.26 Å². The lowest BCUT2D eigenvalue weighted by Crippen LogP contribution is -2.31. The molecule has 108 valence electrons. The number of hydrogen-bond acceptors (Lipinski definition) is 4. The zero-order valence-corrected chi connectivity index (χ0v) is 12.7. The Morgan fingerprint density at radius 3 is 2.11 bits per heavy atom. The molecule has 0 aromatic heterocycles. The van der Waals surface area contributed by atoms with Gasteiger partial charge in [0.2, 0.25) is 0 Å². The van der Waals surface area contributed by atoms with E-state index in [2.05, 4.69) is 5.32 Å². The lowest BCUT2D eigenvalue weighted by Gasteiger charge is -2.21. The molecule has 3 atom stereocenters. The van der Waals surface area contributed by atoms with Crippen LogP contribution >= 0.6 is 0 Å². The van der Waals surface area contributed by atoms with Crippen molar-refractivity contribution in [3.05, 3.63) is 29.8 Å². The molecule has 0 amide bonds. The number of nitrogens with one attached hydrogen (secondary N) is 1. The van der Waals surface area contributed by atoms with E-state index in [1.807, 2.05) is 26.0 Å². The first-order chi connectivity index (χ1) is 8.70. The second-order valence-corrected chi connectivity index (χ2v) is 7.23. The fourth-order valence-corrected chi connectivity index (χ4v) is 2.74. The first-order valence-corrected chi connectivity index (χ1v) is 8.33. The summed E-state index contributed by atoms with van der Waals surface area (Å²) in [7, 11) is -3.14. The maximum absolute atomic E-state index is 11.4. The molecule has 0 fully saturated rings. The Labute approximate surface area is 115 Å². The molecule has 3 unspecified atom stereocenters. The minimum Gasteiger partial charge on any atom is -0.393 e. The fraction of sp³-hybridized carbons (Fsp3) is 0.571. The average Bonchev–Trinajstić information content (AvgIpc) is 2.26. The highest BCUT2D eigenvalue weighted by Gasteiger charge is 2.12. The Morgan fingerprint density at radius 1 is 1.16 bits per heavy atom. The largest absolute Gasteiger partial charge is 0.393 e. The van der Waals surface area contributed by atoms with Gasteiger partial charge in [-0.15, -0.1) is 0 Å². The second kappa shape index (κ2) is 6.50. The van der Waals surface area contributed by atoms with Gasteiger partial charge < -0.3 is 10.4 Å². The number of sulfone groups is 1. The van der Waals surface area contributed by atoms with Gasteiger partial charge in [0.05, 0.1) is 11.0 Å². The average molecular weight is 285 g/mol. The van der Waals surface area contributed by atoms with Crippen molar-refractivity contribution in [1.29, 1.82) is 0 Å². The lowest BCUT2D eigenvalue weighted by atomic mass is 10.1. The van der Waals surface area contributed by atoms with Gasteiger partial charge in [-0.05, 0) is 44.9 Å². The van der Waals surface area contributed by atoms with Crippen molar-refractivity contribution in [2.24, 2.45) is 0 Å². The summed E-state index contributed by atoms with van der Waals surface area (Å²) in [4.78, 5) is 0.334. The van der Waals surface area contributed by atoms with Crippen LogP contribution in [0.4, 0.5) is 0 Å². The van der Waals surface area contributed by atoms with E-state index >= 15 is 0 Å². The summed E-state index contributed by atoms with van der Waals surface area (Å²) in [5.74, 6) is 0. The summed E-state index contributed by atoms with van der Waals surface area (Å²) in [5.41, 5.74) is 1.03. The maximum Gasteiger partial charge on any atom is 0.175 e. The summed E-state index contributed by atoms with van der Waals surface area (Å²) < 4.78 is 22.7. The molecule has 2 N–H and O–H groups in total. The molecule has 19 heavy (non-hydrogen) atoms. The molecule has 0 aliphatic rings. The Hall–Kier alpha value is -0.910. The molecule has 0 aliphatic carbocycles. The summed E-state index contributed by atoms with van der Waals surface area (Å²) >= 11 is 0. The summed E-state index contributed by atoms with van der Waals surface area (Å²) in [5, 5.41) is 12.7. The predicted octanol–water partition coefficient (Wildman–Crippen LogP) is 1.90. The standard InChI is InChI=1S/C14H23NO3S/c1-10(9-11(2)16)15-12(3)13-5-7-14(8-6-13)19(4,17)18/h5-8,10-12,15-16H,9H2,1-4H3. The van der Waals surface area contributed by atoms with E-state index in [9.17, 15) is 13.5 Å². The molecule has 1 aromatic carbocycles. The highest BCUT2D eigenvalue weighted by atomic mass is 32.2. The number of hydrogen-bond donors (Lipinski definition) is 2. The van der Waals surface area contributed by atoms with Gasteiger partial charge in [0.15, 0.2) is 9.84 Å². The van der Waals surface area contributed by atoms with Gasteiger partial charge in [-0.3, -0.25) is 0 Å². The summed E-state index contributed by atoms with van der Waals surface area (Å²) in [6, 6.07) is 7.21. The molecular formula is C14H23NO3S. The molecule has 4 nitrogen and oxygen atoms in total. The molecule has 0 aliphatic heterocycles. The Kier molecular flexibility index (Phi) is 5.52. The van der Waals surface area contributed by atoms with E-state index in [0.29, 0.717) is 11.3 Å². The number of rotatable bonds is 6. The zero-order chi connectivity index (χ0) is 14.6. The van der Waals surface area contributed by atoms with Crippen LogP contribution in [0, 0.1) is 0 Å². The van der Waals surface area contributed by atoms with Crippen LogP contribution in [0.2, 0.25) is 0 Å². The summed E-state index contributed by atoms with van der Waals surface area (Å²) in [6.07, 6.45) is 1.56. The third kappa shape index (κ3) is 5.30. The van der Waals surface area contributed by atoms with Crippen LogP contribution in [-0.2, 0) is 9.84 Å². The first kappa shape index (κ1) is 16.1. The molecule has 0 radical (unpaired) electrons. The van der Waals surface area contributed by atoms with Gasteiger partial charge in [0, 0.05) is 18.3 Å². The predicted molar refractivity (Wildman–Crippen MR) is 76.9 cm³/mol. The molecule has 5 heteroatoms. The van der Waals surface area contributed by atoms with E-state index < -0.39 is 9.84 Å². The molecular weight excluding hydrogens is 262 g/mol. The van der Waals surface area contributed by atoms with Crippen LogP contribution in [0.15, 0.2) is 29.2 Å². The minimum atomic E-state index is -3.14. The molecule has 0 saturated heterocycles. The van der Waals surface area contributed by atoms with Crippen molar-refractivity contribution < 1.29 is 13.5 Å². The fourth-order valence-electron chi connectivity index (χ4n) is 2.11. The molecule has 0 bridgehead atoms. The number of aliphatic hydroxyl groups excluding tert-OH is 1. The molecule has 1 aromatic rings. The van der Waals surface area contributed by atoms with Crippen LogP contribution < -0.4 is 5.32 Å². The van der Waals surface area contributed by atoms with E-state index in [-0.39, 0.29) is 18.2 Å². The van der Waals surface area contributed by atoms with E-state index in [1.54, 1.807) is 19.1 Å².